The zero-order chi connectivity index (χ0) is 71.5. The van der Waals surface area contributed by atoms with Crippen molar-refractivity contribution in [3.63, 3.8) is 0 Å². The minimum atomic E-state index is -2.01. The summed E-state index contributed by atoms with van der Waals surface area (Å²) in [4.78, 5) is 159. The van der Waals surface area contributed by atoms with E-state index in [0.717, 1.165) is 11.1 Å². The van der Waals surface area contributed by atoms with Gasteiger partial charge in [-0.15, -0.1) is 0 Å². The highest BCUT2D eigenvalue weighted by Gasteiger charge is 2.48. The lowest BCUT2D eigenvalue weighted by atomic mass is 9.95. The first-order valence-electron chi connectivity index (χ1n) is 33.0. The number of thioether (sulfide) groups is 2. The van der Waals surface area contributed by atoms with Crippen LogP contribution in [0, 0.1) is 11.6 Å². The number of rotatable bonds is 15. The number of fused-ring (bicyclic) bond motifs is 5. The summed E-state index contributed by atoms with van der Waals surface area (Å²) in [6, 6.07) is 11.4. The smallest absolute Gasteiger partial charge is 0.305 e. The van der Waals surface area contributed by atoms with Crippen LogP contribution in [0.4, 0.5) is 8.78 Å². The van der Waals surface area contributed by atoms with Gasteiger partial charge < -0.3 is 77.3 Å². The summed E-state index contributed by atoms with van der Waals surface area (Å²) >= 11 is 3.10. The number of aliphatic hydroxyl groups excluding tert-OH is 1. The van der Waals surface area contributed by atoms with Crippen LogP contribution in [-0.4, -0.2) is 180 Å². The van der Waals surface area contributed by atoms with Gasteiger partial charge in [0.15, 0.2) is 0 Å². The summed E-state index contributed by atoms with van der Waals surface area (Å²) in [5.41, 5.74) is 2.71. The SMILES string of the molecule is COc1ccc(C[C@@H]2NC(=O)[C@H](Cc3ncc[nH]3)NC(=O)[C@H](CC(=O)O)NC(=O)[C@H](Cc3c[nH]c4ccc(F)cc34)NC(=O)[C@H](Cc3c[nH]c4ccc(F)cc34)NC(=O)[C@@H](C)NC(=O)[C@H](CCCCO)NC(=O)CCSCc3cccc(c3)CSCCNC(=O)[C@]3(C)CCCN3C2=O)cc1. The Hall–Kier alpha value is -9.81. The number of hydrogen-bond acceptors (Lipinski definition) is 15. The number of aliphatic carboxylic acids is 1. The Bertz CT molecular complexity index is 4060. The summed E-state index contributed by atoms with van der Waals surface area (Å²) < 4.78 is 35.3. The molecule has 4 aromatic carbocycles. The highest BCUT2D eigenvalue weighted by molar-refractivity contribution is 7.98. The molecule has 0 spiro atoms. The molecule has 13 N–H and O–H groups in total. The van der Waals surface area contributed by atoms with Crippen LogP contribution >= 0.6 is 23.5 Å². The lowest BCUT2D eigenvalue weighted by Crippen LogP contribution is -2.62. The largest absolute Gasteiger partial charge is 0.497 e. The van der Waals surface area contributed by atoms with Crippen molar-refractivity contribution in [2.75, 3.05) is 38.3 Å². The van der Waals surface area contributed by atoms with E-state index in [1.165, 1.54) is 91.9 Å². The van der Waals surface area contributed by atoms with Gasteiger partial charge in [0.25, 0.3) is 0 Å². The fourth-order valence-electron chi connectivity index (χ4n) is 12.2. The van der Waals surface area contributed by atoms with Crippen LogP contribution in [0.2, 0.25) is 0 Å². The van der Waals surface area contributed by atoms with Crippen molar-refractivity contribution in [2.45, 2.75) is 144 Å². The van der Waals surface area contributed by atoms with Crippen LogP contribution in [-0.2, 0) is 85.1 Å². The topological polar surface area (TPSA) is 380 Å². The first kappa shape index (κ1) is 74.4. The van der Waals surface area contributed by atoms with Crippen molar-refractivity contribution < 1.29 is 71.7 Å². The molecule has 0 aliphatic carbocycles. The zero-order valence-electron chi connectivity index (χ0n) is 55.5. The number of ether oxygens (including phenoxy) is 1. The number of carboxylic acids is 1. The molecule has 2 aliphatic heterocycles. The highest BCUT2D eigenvalue weighted by atomic mass is 32.2. The van der Waals surface area contributed by atoms with Gasteiger partial charge in [-0.3, -0.25) is 47.9 Å². The number of nitrogens with zero attached hydrogens (tertiary/aromatic N) is 2. The van der Waals surface area contributed by atoms with Gasteiger partial charge in [-0.1, -0.05) is 36.4 Å². The van der Waals surface area contributed by atoms with Crippen LogP contribution < -0.4 is 47.3 Å². The first-order chi connectivity index (χ1) is 48.1. The molecule has 30 heteroatoms. The van der Waals surface area contributed by atoms with Gasteiger partial charge in [-0.2, -0.15) is 23.5 Å². The van der Waals surface area contributed by atoms with E-state index in [4.69, 9.17) is 4.74 Å². The number of aromatic amines is 3. The monoisotopic (exact) mass is 1420 g/mol. The maximum absolute atomic E-state index is 15.2. The van der Waals surface area contributed by atoms with E-state index in [2.05, 4.69) is 68.5 Å². The molecule has 0 radical (unpaired) electrons. The van der Waals surface area contributed by atoms with E-state index < -0.39 is 131 Å². The quantitative estimate of drug-likeness (QED) is 0.0644. The number of H-pyrrole nitrogens is 3. The van der Waals surface area contributed by atoms with Crippen molar-refractivity contribution >= 4 is 104 Å². The number of carbonyl (C=O) groups is 10. The number of halogens is 2. The Kier molecular flexibility index (Phi) is 26.3. The Labute approximate surface area is 583 Å². The molecule has 9 rings (SSSR count). The van der Waals surface area contributed by atoms with E-state index in [0.29, 0.717) is 82.0 Å². The number of aromatic nitrogens is 4. The first-order valence-corrected chi connectivity index (χ1v) is 35.3. The zero-order valence-corrected chi connectivity index (χ0v) is 57.1. The van der Waals surface area contributed by atoms with Gasteiger partial charge in [0.1, 0.15) is 71.0 Å². The number of imidazole rings is 1. The third-order valence-corrected chi connectivity index (χ3v) is 19.7. The number of nitrogens with one attached hydrogen (secondary N) is 11. The molecule has 26 nitrogen and oxygen atoms in total. The van der Waals surface area contributed by atoms with E-state index in [1.54, 1.807) is 43.0 Å². The van der Waals surface area contributed by atoms with Crippen LogP contribution in [0.3, 0.4) is 0 Å². The lowest BCUT2D eigenvalue weighted by molar-refractivity contribution is -0.146. The molecular weight excluding hydrogens is 1330 g/mol. The molecule has 9 amide bonds. The summed E-state index contributed by atoms with van der Waals surface area (Å²) in [5.74, 6) is -7.62. The summed E-state index contributed by atoms with van der Waals surface area (Å²) in [6.07, 6.45) is 4.85. The minimum Gasteiger partial charge on any atom is -0.497 e. The van der Waals surface area contributed by atoms with Crippen LogP contribution in [0.15, 0.2) is 110 Å². The van der Waals surface area contributed by atoms with Crippen molar-refractivity contribution in [3.8, 4) is 5.75 Å². The fourth-order valence-corrected chi connectivity index (χ4v) is 13.9. The number of amides is 9. The number of carbonyl (C=O) groups excluding carboxylic acids is 9. The highest BCUT2D eigenvalue weighted by Crippen LogP contribution is 2.31. The number of unbranched alkanes of at least 4 members (excludes halogenated alkanes) is 1. The molecule has 100 heavy (non-hydrogen) atoms. The fraction of sp³-hybridized carbons (Fsp3) is 0.414. The lowest BCUT2D eigenvalue weighted by Gasteiger charge is -2.36. The molecule has 0 saturated carbocycles. The molecule has 532 valence electrons. The molecule has 8 atom stereocenters. The van der Waals surface area contributed by atoms with E-state index >= 15 is 19.2 Å². The van der Waals surface area contributed by atoms with Gasteiger partial charge in [-0.05, 0) is 122 Å². The molecule has 2 bridgehead atoms. The molecule has 1 fully saturated rings. The van der Waals surface area contributed by atoms with Gasteiger partial charge in [0.05, 0.1) is 13.5 Å². The number of benzene rings is 4. The van der Waals surface area contributed by atoms with Crippen molar-refractivity contribution in [1.82, 2.24) is 67.4 Å². The average molecular weight is 1420 g/mol. The van der Waals surface area contributed by atoms with E-state index in [1.807, 2.05) is 18.2 Å². The number of methoxy groups -OCH3 is 1. The Morgan fingerprint density at radius 2 is 1.22 bits per heavy atom. The normalized spacial score (nSPS) is 22.8. The standard InChI is InChI=1S/C70H83F2N13O13S2/c1-40-62(90)80-54(30-44-36-76-51-17-13-46(71)32-49(44)51)64(92)81-55(31-45-37-77-52-18-14-47(72)33-50(45)52)65(93)83-57(35-61(88)89)67(95)82-56(34-59-73-21-22-74-59)66(94)84-58(29-41-11-15-48(98-3)16-12-41)68(96)85-24-7-20-70(85,2)69(97)75-23-27-100-39-43-9-6-8-42(28-43)38-99-26-19-60(87)79-53(63(91)78-40)10-4-5-25-86/h6,8-9,11-18,21-22,28,32-33,36-37,40,53-58,76-77,86H,4-5,7,10,19-20,23-27,29-31,34-35,38-39H2,1-3H3,(H,73,74)(H,75,97)(H,78,91)(H,79,87)(H,80,90)(H,81,92)(H,82,95)(H,83,93)(H,84,94)(H,88,89)/t40-,53+,54+,55+,56+,57+,58+,70+/m1/s1. The number of carboxylic acid groups (broad SMARTS) is 1. The predicted octanol–water partition coefficient (Wildman–Crippen LogP) is 4.05. The van der Waals surface area contributed by atoms with Gasteiger partial charge >= 0.3 is 5.97 Å². The molecule has 7 aromatic rings. The summed E-state index contributed by atoms with van der Waals surface area (Å²) in [5, 5.41) is 42.1. The third-order valence-electron chi connectivity index (χ3n) is 17.6. The van der Waals surface area contributed by atoms with Crippen LogP contribution in [0.25, 0.3) is 21.8 Å². The van der Waals surface area contributed by atoms with Crippen molar-refractivity contribution in [1.29, 1.82) is 0 Å². The molecule has 2 aliphatic rings. The summed E-state index contributed by atoms with van der Waals surface area (Å²) in [7, 11) is 1.49. The van der Waals surface area contributed by atoms with Crippen molar-refractivity contribution in [3.05, 3.63) is 155 Å². The van der Waals surface area contributed by atoms with Gasteiger partial charge in [0, 0.05) is 121 Å². The second-order valence-corrected chi connectivity index (χ2v) is 27.2. The Morgan fingerprint density at radius 3 is 1.81 bits per heavy atom. The van der Waals surface area contributed by atoms with Crippen molar-refractivity contribution in [2.24, 2.45) is 0 Å². The Balaban J connectivity index is 1.05. The van der Waals surface area contributed by atoms with Gasteiger partial charge in [-0.25, -0.2) is 13.8 Å². The average Bonchev–Trinajstić information content (AvgIpc) is 1.62. The summed E-state index contributed by atoms with van der Waals surface area (Å²) in [6.45, 7) is 3.23. The maximum Gasteiger partial charge on any atom is 0.305 e. The maximum atomic E-state index is 15.2. The predicted molar refractivity (Wildman–Crippen MR) is 371 cm³/mol. The van der Waals surface area contributed by atoms with Crippen LogP contribution in [0.5, 0.6) is 5.75 Å². The number of hydrogen-bond donors (Lipinski definition) is 13. The molecule has 5 heterocycles. The minimum absolute atomic E-state index is 0.0304. The Morgan fingerprint density at radius 1 is 0.650 bits per heavy atom. The third kappa shape index (κ3) is 20.2. The van der Waals surface area contributed by atoms with E-state index in [-0.39, 0.29) is 68.6 Å². The molecular formula is C70H83F2N13O13S2. The van der Waals surface area contributed by atoms with Crippen LogP contribution in [0.1, 0.15) is 92.4 Å². The molecule has 3 aromatic heterocycles. The second kappa shape index (κ2) is 35.3. The second-order valence-electron chi connectivity index (χ2n) is 25.0. The van der Waals surface area contributed by atoms with Gasteiger partial charge in [0.2, 0.25) is 53.2 Å². The van der Waals surface area contributed by atoms with E-state index in [9.17, 15) is 47.8 Å². The molecule has 1 saturated heterocycles. The molecule has 0 unspecified atom stereocenters. The number of aliphatic hydroxyl groups is 1.